The minimum Gasteiger partial charge on any atom is -0.418 e. The smallest absolute Gasteiger partial charge is 0.343 e. The first kappa shape index (κ1) is 14.0. The van der Waals surface area contributed by atoms with Crippen molar-refractivity contribution in [3.8, 4) is 0 Å². The standard InChI is InChI=1S/C14H17NO3/c1-4-15(5-2)13(16)11(3)18-14(17)12-9-7-6-8-10-12/h6-10H,3-5H2,1-2H3. The van der Waals surface area contributed by atoms with Gasteiger partial charge in [0.1, 0.15) is 0 Å². The van der Waals surface area contributed by atoms with Crippen molar-refractivity contribution in [3.05, 3.63) is 48.2 Å². The lowest BCUT2D eigenvalue weighted by Crippen LogP contribution is -2.32. The zero-order valence-corrected chi connectivity index (χ0v) is 10.7. The van der Waals surface area contributed by atoms with Gasteiger partial charge in [-0.3, -0.25) is 4.79 Å². The number of nitrogens with zero attached hydrogens (tertiary/aromatic N) is 1. The second-order valence-electron chi connectivity index (χ2n) is 3.66. The third kappa shape index (κ3) is 3.45. The fourth-order valence-electron chi connectivity index (χ4n) is 1.48. The van der Waals surface area contributed by atoms with Gasteiger partial charge in [-0.05, 0) is 26.0 Å². The number of likely N-dealkylation sites (N-methyl/N-ethyl adjacent to an activating group) is 1. The summed E-state index contributed by atoms with van der Waals surface area (Å²) in [5.41, 5.74) is 0.394. The number of benzene rings is 1. The maximum Gasteiger partial charge on any atom is 0.343 e. The van der Waals surface area contributed by atoms with Crippen LogP contribution in [-0.2, 0) is 9.53 Å². The van der Waals surface area contributed by atoms with E-state index in [9.17, 15) is 9.59 Å². The van der Waals surface area contributed by atoms with Crippen molar-refractivity contribution in [1.29, 1.82) is 0 Å². The maximum absolute atomic E-state index is 11.8. The van der Waals surface area contributed by atoms with E-state index in [4.69, 9.17) is 4.74 Å². The third-order valence-corrected chi connectivity index (χ3v) is 2.51. The molecule has 0 aliphatic carbocycles. The Morgan fingerprint density at radius 2 is 1.72 bits per heavy atom. The SMILES string of the molecule is C=C(OC(=O)c1ccccc1)C(=O)N(CC)CC. The second-order valence-corrected chi connectivity index (χ2v) is 3.66. The van der Waals surface area contributed by atoms with Crippen molar-refractivity contribution in [1.82, 2.24) is 4.90 Å². The molecule has 18 heavy (non-hydrogen) atoms. The molecule has 0 unspecified atom stereocenters. The summed E-state index contributed by atoms with van der Waals surface area (Å²) in [6.45, 7) is 8.32. The summed E-state index contributed by atoms with van der Waals surface area (Å²) in [6.07, 6.45) is 0. The van der Waals surface area contributed by atoms with E-state index in [1.165, 1.54) is 0 Å². The van der Waals surface area contributed by atoms with Crippen LogP contribution in [0.2, 0.25) is 0 Å². The number of hydrogen-bond acceptors (Lipinski definition) is 3. The third-order valence-electron chi connectivity index (χ3n) is 2.51. The number of ether oxygens (including phenoxy) is 1. The Bertz CT molecular complexity index is 436. The first-order valence-corrected chi connectivity index (χ1v) is 5.85. The van der Waals surface area contributed by atoms with Gasteiger partial charge in [0.15, 0.2) is 5.76 Å². The van der Waals surface area contributed by atoms with Gasteiger partial charge in [-0.1, -0.05) is 24.8 Å². The molecule has 0 spiro atoms. The van der Waals surface area contributed by atoms with E-state index in [1.54, 1.807) is 35.2 Å². The Morgan fingerprint density at radius 3 is 2.22 bits per heavy atom. The molecule has 1 amide bonds. The predicted molar refractivity (Wildman–Crippen MR) is 68.9 cm³/mol. The summed E-state index contributed by atoms with van der Waals surface area (Å²) in [5.74, 6) is -1.07. The van der Waals surface area contributed by atoms with Crippen molar-refractivity contribution in [3.63, 3.8) is 0 Å². The Balaban J connectivity index is 2.66. The highest BCUT2D eigenvalue weighted by atomic mass is 16.5. The highest BCUT2D eigenvalue weighted by molar-refractivity contribution is 5.97. The number of amides is 1. The molecule has 0 N–H and O–H groups in total. The molecule has 0 atom stereocenters. The fourth-order valence-corrected chi connectivity index (χ4v) is 1.48. The van der Waals surface area contributed by atoms with Crippen LogP contribution in [0.3, 0.4) is 0 Å². The van der Waals surface area contributed by atoms with E-state index in [1.807, 2.05) is 13.8 Å². The molecular weight excluding hydrogens is 230 g/mol. The van der Waals surface area contributed by atoms with Gasteiger partial charge in [-0.25, -0.2) is 4.79 Å². The first-order valence-electron chi connectivity index (χ1n) is 5.85. The number of esters is 1. The summed E-state index contributed by atoms with van der Waals surface area (Å²) >= 11 is 0. The zero-order valence-electron chi connectivity index (χ0n) is 10.7. The summed E-state index contributed by atoms with van der Waals surface area (Å²) in [4.78, 5) is 25.1. The van der Waals surface area contributed by atoms with Gasteiger partial charge in [0.2, 0.25) is 0 Å². The molecular formula is C14H17NO3. The van der Waals surface area contributed by atoms with Crippen LogP contribution in [0.4, 0.5) is 0 Å². The molecule has 0 radical (unpaired) electrons. The molecule has 0 aliphatic rings. The second kappa shape index (κ2) is 6.59. The fraction of sp³-hybridized carbons (Fsp3) is 0.286. The van der Waals surface area contributed by atoms with Gasteiger partial charge >= 0.3 is 5.97 Å². The van der Waals surface area contributed by atoms with Crippen LogP contribution in [0.1, 0.15) is 24.2 Å². The van der Waals surface area contributed by atoms with Gasteiger partial charge in [-0.2, -0.15) is 0 Å². The van der Waals surface area contributed by atoms with Gasteiger partial charge in [-0.15, -0.1) is 0 Å². The summed E-state index contributed by atoms with van der Waals surface area (Å²) < 4.78 is 4.96. The van der Waals surface area contributed by atoms with Crippen LogP contribution in [0.25, 0.3) is 0 Å². The Kier molecular flexibility index (Phi) is 5.11. The lowest BCUT2D eigenvalue weighted by Gasteiger charge is -2.19. The maximum atomic E-state index is 11.8. The molecule has 1 rings (SSSR count). The number of hydrogen-bond donors (Lipinski definition) is 0. The Hall–Kier alpha value is -2.10. The minimum absolute atomic E-state index is 0.146. The van der Waals surface area contributed by atoms with E-state index in [-0.39, 0.29) is 11.7 Å². The largest absolute Gasteiger partial charge is 0.418 e. The molecule has 0 heterocycles. The minimum atomic E-state index is -0.568. The van der Waals surface area contributed by atoms with Crippen LogP contribution in [0.5, 0.6) is 0 Å². The molecule has 1 aromatic carbocycles. The number of rotatable bonds is 5. The van der Waals surface area contributed by atoms with Gasteiger partial charge < -0.3 is 9.64 Å². The van der Waals surface area contributed by atoms with Crippen LogP contribution in [-0.4, -0.2) is 29.9 Å². The summed E-state index contributed by atoms with van der Waals surface area (Å²) in [7, 11) is 0. The van der Waals surface area contributed by atoms with E-state index < -0.39 is 5.97 Å². The average Bonchev–Trinajstić information content (AvgIpc) is 2.40. The van der Waals surface area contributed by atoms with Crippen LogP contribution < -0.4 is 0 Å². The van der Waals surface area contributed by atoms with Gasteiger partial charge in [0.05, 0.1) is 5.56 Å². The molecule has 4 heteroatoms. The number of carbonyl (C=O) groups is 2. The average molecular weight is 247 g/mol. The molecule has 0 aliphatic heterocycles. The molecule has 0 bridgehead atoms. The van der Waals surface area contributed by atoms with E-state index in [0.29, 0.717) is 18.7 Å². The highest BCUT2D eigenvalue weighted by Crippen LogP contribution is 2.07. The summed E-state index contributed by atoms with van der Waals surface area (Å²) in [6, 6.07) is 8.50. The van der Waals surface area contributed by atoms with Crippen molar-refractivity contribution < 1.29 is 14.3 Å². The first-order chi connectivity index (χ1) is 8.60. The van der Waals surface area contributed by atoms with E-state index in [2.05, 4.69) is 6.58 Å². The van der Waals surface area contributed by atoms with Crippen molar-refractivity contribution in [2.75, 3.05) is 13.1 Å². The zero-order chi connectivity index (χ0) is 13.5. The Labute approximate surface area is 107 Å². The molecule has 0 saturated carbocycles. The van der Waals surface area contributed by atoms with Gasteiger partial charge in [0.25, 0.3) is 5.91 Å². The molecule has 96 valence electrons. The van der Waals surface area contributed by atoms with Crippen LogP contribution in [0.15, 0.2) is 42.7 Å². The van der Waals surface area contributed by atoms with Crippen LogP contribution in [0, 0.1) is 0 Å². The monoisotopic (exact) mass is 247 g/mol. The van der Waals surface area contributed by atoms with Crippen molar-refractivity contribution >= 4 is 11.9 Å². The van der Waals surface area contributed by atoms with Crippen LogP contribution >= 0.6 is 0 Å². The molecule has 0 fully saturated rings. The highest BCUT2D eigenvalue weighted by Gasteiger charge is 2.18. The normalized spacial score (nSPS) is 9.67. The summed E-state index contributed by atoms with van der Waals surface area (Å²) in [5, 5.41) is 0. The van der Waals surface area contributed by atoms with E-state index >= 15 is 0 Å². The molecule has 0 saturated heterocycles. The predicted octanol–water partition coefficient (Wildman–Crippen LogP) is 2.23. The molecule has 1 aromatic rings. The van der Waals surface area contributed by atoms with Crippen molar-refractivity contribution in [2.24, 2.45) is 0 Å². The topological polar surface area (TPSA) is 46.6 Å². The molecule has 0 aromatic heterocycles. The number of carbonyl (C=O) groups excluding carboxylic acids is 2. The van der Waals surface area contributed by atoms with Gasteiger partial charge in [0, 0.05) is 13.1 Å². The van der Waals surface area contributed by atoms with Crippen molar-refractivity contribution in [2.45, 2.75) is 13.8 Å². The quantitative estimate of drug-likeness (QED) is 0.455. The Morgan fingerprint density at radius 1 is 1.17 bits per heavy atom. The van der Waals surface area contributed by atoms with E-state index in [0.717, 1.165) is 0 Å². The lowest BCUT2D eigenvalue weighted by atomic mass is 10.2. The lowest BCUT2D eigenvalue weighted by molar-refractivity contribution is -0.129. The molecule has 4 nitrogen and oxygen atoms in total.